The van der Waals surface area contributed by atoms with E-state index in [-0.39, 0.29) is 19.4 Å². The van der Waals surface area contributed by atoms with Crippen LogP contribution in [0.5, 0.6) is 0 Å². The lowest BCUT2D eigenvalue weighted by Crippen LogP contribution is -2.29. The first kappa shape index (κ1) is 48.5. The molecule has 8 nitrogen and oxygen atoms in total. The smallest absolute Gasteiger partial charge is 0.462 e. The van der Waals surface area contributed by atoms with Gasteiger partial charge in [-0.15, -0.1) is 0 Å². The van der Waals surface area contributed by atoms with Crippen LogP contribution in [0.3, 0.4) is 0 Å². The lowest BCUT2D eigenvalue weighted by Gasteiger charge is -2.18. The molecule has 0 radical (unpaired) electrons. The maximum atomic E-state index is 12.4. The largest absolute Gasteiger partial charge is 0.469 e. The number of carbonyl (C=O) groups is 2. The molecule has 0 heterocycles. The van der Waals surface area contributed by atoms with Gasteiger partial charge in [-0.3, -0.25) is 14.1 Å². The van der Waals surface area contributed by atoms with E-state index in [2.05, 4.69) is 42.7 Å². The Morgan fingerprint density at radius 1 is 0.500 bits per heavy atom. The number of unbranched alkanes of at least 4 members (excludes halogenated alkanes) is 24. The molecule has 0 fully saturated rings. The molecule has 0 aliphatic carbocycles. The predicted octanol–water partition coefficient (Wildman–Crippen LogP) is 12.4. The number of allylic oxidation sites excluding steroid dienone is 4. The second-order valence-corrected chi connectivity index (χ2v) is 15.2. The molecule has 2 N–H and O–H groups in total. The lowest BCUT2D eigenvalue weighted by molar-refractivity contribution is -0.161. The highest BCUT2D eigenvalue weighted by Gasteiger charge is 2.22. The third-order valence-electron chi connectivity index (χ3n) is 8.94. The minimum absolute atomic E-state index is 0.208. The summed E-state index contributed by atoms with van der Waals surface area (Å²) in [5, 5.41) is 0. The van der Waals surface area contributed by atoms with E-state index >= 15 is 0 Å². The zero-order valence-corrected chi connectivity index (χ0v) is 33.2. The van der Waals surface area contributed by atoms with E-state index in [9.17, 15) is 14.2 Å². The van der Waals surface area contributed by atoms with Crippen molar-refractivity contribution in [1.82, 2.24) is 0 Å². The normalized spacial score (nSPS) is 12.6. The minimum Gasteiger partial charge on any atom is -0.462 e. The summed E-state index contributed by atoms with van der Waals surface area (Å²) in [7, 11) is -4.75. The maximum Gasteiger partial charge on any atom is 0.469 e. The van der Waals surface area contributed by atoms with Crippen LogP contribution in [0.1, 0.15) is 206 Å². The topological polar surface area (TPSA) is 119 Å². The fraction of sp³-hybridized carbons (Fsp3) is 0.854. The quantitative estimate of drug-likeness (QED) is 0.0279. The summed E-state index contributed by atoms with van der Waals surface area (Å²) < 4.78 is 26.4. The molecule has 0 unspecified atom stereocenters. The van der Waals surface area contributed by atoms with Gasteiger partial charge in [0, 0.05) is 12.8 Å². The van der Waals surface area contributed by atoms with Gasteiger partial charge in [0.05, 0.1) is 6.61 Å². The Bertz CT molecular complexity index is 869. The molecule has 0 rings (SSSR count). The van der Waals surface area contributed by atoms with Crippen LogP contribution in [0.25, 0.3) is 0 Å². The van der Waals surface area contributed by atoms with Gasteiger partial charge in [0.25, 0.3) is 0 Å². The van der Waals surface area contributed by atoms with Gasteiger partial charge < -0.3 is 19.3 Å². The van der Waals surface area contributed by atoms with Crippen LogP contribution in [0.15, 0.2) is 24.3 Å². The van der Waals surface area contributed by atoms with Crippen LogP contribution in [-0.4, -0.2) is 41.0 Å². The van der Waals surface area contributed by atoms with Crippen LogP contribution < -0.4 is 0 Å². The summed E-state index contributed by atoms with van der Waals surface area (Å²) in [4.78, 5) is 42.8. The highest BCUT2D eigenvalue weighted by molar-refractivity contribution is 7.46. The lowest BCUT2D eigenvalue weighted by atomic mass is 10.1. The second-order valence-electron chi connectivity index (χ2n) is 14.0. The van der Waals surface area contributed by atoms with Gasteiger partial charge in [0.15, 0.2) is 6.10 Å². The van der Waals surface area contributed by atoms with Gasteiger partial charge in [-0.2, -0.15) is 0 Å². The van der Waals surface area contributed by atoms with E-state index in [1.165, 1.54) is 116 Å². The van der Waals surface area contributed by atoms with Crippen molar-refractivity contribution in [3.05, 3.63) is 24.3 Å². The fourth-order valence-electron chi connectivity index (χ4n) is 5.83. The Kier molecular flexibility index (Phi) is 36.2. The zero-order valence-electron chi connectivity index (χ0n) is 32.3. The number of esters is 2. The number of hydrogen-bond donors (Lipinski definition) is 2. The van der Waals surface area contributed by atoms with E-state index in [1.54, 1.807) is 0 Å². The summed E-state index contributed by atoms with van der Waals surface area (Å²) in [5.74, 6) is -0.889. The zero-order chi connectivity index (χ0) is 36.8. The number of rotatable bonds is 38. The van der Waals surface area contributed by atoms with Crippen LogP contribution in [0, 0.1) is 0 Å². The molecular weight excluding hydrogens is 651 g/mol. The molecule has 0 aliphatic heterocycles. The number of phosphoric acid groups is 1. The van der Waals surface area contributed by atoms with Gasteiger partial charge in [-0.25, -0.2) is 4.57 Å². The van der Waals surface area contributed by atoms with Gasteiger partial charge in [-0.1, -0.05) is 154 Å². The molecule has 0 amide bonds. The number of phosphoric ester groups is 1. The first-order chi connectivity index (χ1) is 24.3. The maximum absolute atomic E-state index is 12.4. The summed E-state index contributed by atoms with van der Waals surface area (Å²) in [6, 6.07) is 0. The van der Waals surface area contributed by atoms with Gasteiger partial charge in [0.2, 0.25) is 0 Å². The van der Waals surface area contributed by atoms with Crippen molar-refractivity contribution >= 4 is 19.8 Å². The monoisotopic (exact) mass is 729 g/mol. The molecule has 0 aromatic rings. The van der Waals surface area contributed by atoms with Crippen molar-refractivity contribution in [3.63, 3.8) is 0 Å². The molecular formula is C41H77O8P. The van der Waals surface area contributed by atoms with Gasteiger partial charge >= 0.3 is 19.8 Å². The Morgan fingerprint density at radius 3 is 1.24 bits per heavy atom. The van der Waals surface area contributed by atoms with Crippen molar-refractivity contribution in [2.75, 3.05) is 13.2 Å². The number of ether oxygens (including phenoxy) is 2. The van der Waals surface area contributed by atoms with Gasteiger partial charge in [0.1, 0.15) is 6.61 Å². The first-order valence-electron chi connectivity index (χ1n) is 20.6. The Hall–Kier alpha value is -1.47. The molecule has 1 atom stereocenters. The average molecular weight is 729 g/mol. The molecule has 0 saturated carbocycles. The number of carbonyl (C=O) groups excluding carboxylic acids is 2. The van der Waals surface area contributed by atoms with Crippen molar-refractivity contribution in [2.24, 2.45) is 0 Å². The average Bonchev–Trinajstić information content (AvgIpc) is 3.08. The van der Waals surface area contributed by atoms with E-state index in [4.69, 9.17) is 19.3 Å². The Balaban J connectivity index is 3.92. The standard InChI is InChI=1S/C41H77O8P/c1-3-5-7-9-11-13-15-17-19-20-22-23-25-27-29-31-33-35-40(42)47-37-39(38-48-50(44,45)46)49-41(43)36-34-32-30-28-26-24-21-18-16-14-12-10-8-6-4-2/h14,16-17,19,39H,3-13,15,18,20-38H2,1-2H3,(H2,44,45,46)/b16-14-,19-17-/t39-/m1/s1. The van der Waals surface area contributed by atoms with Crippen LogP contribution in [0.2, 0.25) is 0 Å². The third kappa shape index (κ3) is 39.3. The molecule has 0 spiro atoms. The molecule has 0 aromatic carbocycles. The van der Waals surface area contributed by atoms with Crippen molar-refractivity contribution < 1.29 is 37.9 Å². The second kappa shape index (κ2) is 37.3. The van der Waals surface area contributed by atoms with Crippen LogP contribution in [0.4, 0.5) is 0 Å². The van der Waals surface area contributed by atoms with Crippen LogP contribution in [-0.2, 0) is 28.2 Å². The summed E-state index contributed by atoms with van der Waals surface area (Å²) in [6.45, 7) is 3.67. The first-order valence-corrected chi connectivity index (χ1v) is 22.2. The molecule has 50 heavy (non-hydrogen) atoms. The summed E-state index contributed by atoms with van der Waals surface area (Å²) in [5.41, 5.74) is 0. The predicted molar refractivity (Wildman–Crippen MR) is 207 cm³/mol. The molecule has 9 heteroatoms. The third-order valence-corrected chi connectivity index (χ3v) is 9.43. The summed E-state index contributed by atoms with van der Waals surface area (Å²) >= 11 is 0. The molecule has 0 aromatic heterocycles. The van der Waals surface area contributed by atoms with Crippen molar-refractivity contribution in [2.45, 2.75) is 213 Å². The van der Waals surface area contributed by atoms with E-state index in [0.717, 1.165) is 57.8 Å². The highest BCUT2D eigenvalue weighted by Crippen LogP contribution is 2.36. The Morgan fingerprint density at radius 2 is 0.840 bits per heavy atom. The van der Waals surface area contributed by atoms with E-state index < -0.39 is 32.5 Å². The van der Waals surface area contributed by atoms with Gasteiger partial charge in [-0.05, 0) is 64.2 Å². The van der Waals surface area contributed by atoms with Crippen LogP contribution >= 0.6 is 7.82 Å². The minimum atomic E-state index is -4.75. The number of hydrogen-bond acceptors (Lipinski definition) is 6. The van der Waals surface area contributed by atoms with Crippen molar-refractivity contribution in [3.8, 4) is 0 Å². The fourth-order valence-corrected chi connectivity index (χ4v) is 6.19. The molecule has 0 saturated heterocycles. The van der Waals surface area contributed by atoms with E-state index in [0.29, 0.717) is 6.42 Å². The summed E-state index contributed by atoms with van der Waals surface area (Å²) in [6.07, 6.45) is 41.8. The van der Waals surface area contributed by atoms with Crippen molar-refractivity contribution in [1.29, 1.82) is 0 Å². The molecule has 0 bridgehead atoms. The SMILES string of the molecule is CCCCCC/C=C\CCCCCCCCCC(=O)O[C@H](COC(=O)CCCCCCCCC/C=C\CCCCCCCC)COP(=O)(O)O. The van der Waals surface area contributed by atoms with E-state index in [1.807, 2.05) is 0 Å². The highest BCUT2D eigenvalue weighted by atomic mass is 31.2. The molecule has 0 aliphatic rings. The Labute approximate surface area is 307 Å². The molecule has 294 valence electrons.